The van der Waals surface area contributed by atoms with Crippen LogP contribution in [-0.2, 0) is 11.2 Å². The highest BCUT2D eigenvalue weighted by molar-refractivity contribution is 5.91. The number of ether oxygens (including phenoxy) is 1. The van der Waals surface area contributed by atoms with Crippen molar-refractivity contribution in [1.82, 2.24) is 10.1 Å². The number of aromatic nitrogens is 1. The van der Waals surface area contributed by atoms with E-state index < -0.39 is 0 Å². The van der Waals surface area contributed by atoms with Crippen molar-refractivity contribution in [2.45, 2.75) is 19.4 Å². The molecule has 0 radical (unpaired) electrons. The van der Waals surface area contributed by atoms with Gasteiger partial charge in [0.1, 0.15) is 11.5 Å². The summed E-state index contributed by atoms with van der Waals surface area (Å²) in [5.74, 6) is 1.80. The third-order valence-corrected chi connectivity index (χ3v) is 5.03. The van der Waals surface area contributed by atoms with E-state index in [1.807, 2.05) is 24.3 Å². The Labute approximate surface area is 164 Å². The van der Waals surface area contributed by atoms with Crippen molar-refractivity contribution >= 4 is 11.7 Å². The number of nitrogens with zero attached hydrogens (tertiary/aromatic N) is 2. The molecule has 0 spiro atoms. The lowest BCUT2D eigenvalue weighted by Gasteiger charge is -2.37. The van der Waals surface area contributed by atoms with Crippen molar-refractivity contribution in [3.8, 4) is 5.75 Å². The maximum Gasteiger partial charge on any atom is 0.239 e. The molecule has 2 heterocycles. The van der Waals surface area contributed by atoms with Gasteiger partial charge in [0.15, 0.2) is 5.82 Å². The van der Waals surface area contributed by atoms with Crippen LogP contribution in [0, 0.1) is 6.92 Å². The molecule has 1 amide bonds. The Morgan fingerprint density at radius 1 is 1.25 bits per heavy atom. The highest BCUT2D eigenvalue weighted by Crippen LogP contribution is 2.36. The number of carbonyl (C=O) groups is 1. The van der Waals surface area contributed by atoms with Crippen LogP contribution < -0.4 is 10.1 Å². The van der Waals surface area contributed by atoms with E-state index in [0.717, 1.165) is 24.3 Å². The van der Waals surface area contributed by atoms with Crippen molar-refractivity contribution in [3.63, 3.8) is 0 Å². The first kappa shape index (κ1) is 18.3. The van der Waals surface area contributed by atoms with Crippen LogP contribution in [0.4, 0.5) is 5.82 Å². The first-order valence-corrected chi connectivity index (χ1v) is 9.33. The fraction of sp³-hybridized carbons (Fsp3) is 0.273. The second kappa shape index (κ2) is 7.86. The van der Waals surface area contributed by atoms with Gasteiger partial charge in [-0.05, 0) is 42.2 Å². The summed E-state index contributed by atoms with van der Waals surface area (Å²) in [4.78, 5) is 14.8. The van der Waals surface area contributed by atoms with Gasteiger partial charge in [0.25, 0.3) is 0 Å². The third-order valence-electron chi connectivity index (χ3n) is 5.03. The average Bonchev–Trinajstić information content (AvgIpc) is 3.12. The SMILES string of the molecule is COc1cccc(C2c3ccccc3CCN2CC(=O)Nc2cc(C)on2)c1. The second-order valence-electron chi connectivity index (χ2n) is 6.97. The number of benzene rings is 2. The van der Waals surface area contributed by atoms with Crippen molar-refractivity contribution in [2.75, 3.05) is 25.5 Å². The molecule has 2 aromatic carbocycles. The number of methoxy groups -OCH3 is 1. The molecule has 0 saturated carbocycles. The van der Waals surface area contributed by atoms with Crippen LogP contribution in [0.2, 0.25) is 0 Å². The minimum Gasteiger partial charge on any atom is -0.497 e. The Morgan fingerprint density at radius 3 is 2.89 bits per heavy atom. The van der Waals surface area contributed by atoms with Crippen LogP contribution in [0.3, 0.4) is 0 Å². The molecular weight excluding hydrogens is 354 g/mol. The molecule has 1 unspecified atom stereocenters. The lowest BCUT2D eigenvalue weighted by molar-refractivity contribution is -0.117. The molecule has 0 saturated heterocycles. The number of rotatable bonds is 5. The molecule has 1 aliphatic rings. The van der Waals surface area contributed by atoms with E-state index in [1.54, 1.807) is 20.1 Å². The number of nitrogens with one attached hydrogen (secondary N) is 1. The normalized spacial score (nSPS) is 16.4. The summed E-state index contributed by atoms with van der Waals surface area (Å²) < 4.78 is 10.4. The monoisotopic (exact) mass is 377 g/mol. The minimum atomic E-state index is -0.111. The Hall–Kier alpha value is -3.12. The molecule has 1 N–H and O–H groups in total. The number of carbonyl (C=O) groups excluding carboxylic acids is 1. The van der Waals surface area contributed by atoms with E-state index in [0.29, 0.717) is 11.6 Å². The van der Waals surface area contributed by atoms with Gasteiger partial charge in [-0.15, -0.1) is 0 Å². The van der Waals surface area contributed by atoms with Crippen LogP contribution in [-0.4, -0.2) is 36.2 Å². The molecule has 0 aliphatic carbocycles. The number of amides is 1. The van der Waals surface area contributed by atoms with Crippen LogP contribution in [0.15, 0.2) is 59.1 Å². The molecule has 1 atom stereocenters. The molecule has 6 nitrogen and oxygen atoms in total. The number of aryl methyl sites for hydroxylation is 1. The Morgan fingerprint density at radius 2 is 2.11 bits per heavy atom. The summed E-state index contributed by atoms with van der Waals surface area (Å²) >= 11 is 0. The van der Waals surface area contributed by atoms with Crippen LogP contribution in [0.5, 0.6) is 5.75 Å². The van der Waals surface area contributed by atoms with Crippen molar-refractivity contribution < 1.29 is 14.1 Å². The summed E-state index contributed by atoms with van der Waals surface area (Å²) in [5.41, 5.74) is 3.66. The Balaban J connectivity index is 1.62. The van der Waals surface area contributed by atoms with E-state index in [1.165, 1.54) is 11.1 Å². The minimum absolute atomic E-state index is 0.00940. The largest absolute Gasteiger partial charge is 0.497 e. The number of hydrogen-bond donors (Lipinski definition) is 1. The van der Waals surface area contributed by atoms with Crippen LogP contribution in [0.25, 0.3) is 0 Å². The molecule has 4 rings (SSSR count). The highest BCUT2D eigenvalue weighted by atomic mass is 16.5. The van der Waals surface area contributed by atoms with Gasteiger partial charge in [-0.25, -0.2) is 0 Å². The summed E-state index contributed by atoms with van der Waals surface area (Å²) in [6.07, 6.45) is 0.910. The molecule has 144 valence electrons. The van der Waals surface area contributed by atoms with Gasteiger partial charge in [-0.3, -0.25) is 9.69 Å². The quantitative estimate of drug-likeness (QED) is 0.736. The number of fused-ring (bicyclic) bond motifs is 1. The van der Waals surface area contributed by atoms with Crippen molar-refractivity contribution in [1.29, 1.82) is 0 Å². The maximum absolute atomic E-state index is 12.6. The number of anilines is 1. The lowest BCUT2D eigenvalue weighted by atomic mass is 9.88. The van der Waals surface area contributed by atoms with Gasteiger partial charge in [-0.2, -0.15) is 0 Å². The summed E-state index contributed by atoms with van der Waals surface area (Å²) in [7, 11) is 1.67. The Kier molecular flexibility index (Phi) is 5.12. The first-order valence-electron chi connectivity index (χ1n) is 9.33. The van der Waals surface area contributed by atoms with Gasteiger partial charge in [-0.1, -0.05) is 41.6 Å². The molecule has 0 fully saturated rings. The van der Waals surface area contributed by atoms with Gasteiger partial charge >= 0.3 is 0 Å². The van der Waals surface area contributed by atoms with Gasteiger partial charge in [0.2, 0.25) is 5.91 Å². The van der Waals surface area contributed by atoms with Crippen LogP contribution >= 0.6 is 0 Å². The number of hydrogen-bond acceptors (Lipinski definition) is 5. The third kappa shape index (κ3) is 3.77. The first-order chi connectivity index (χ1) is 13.6. The zero-order chi connectivity index (χ0) is 19.5. The molecule has 0 bridgehead atoms. The predicted molar refractivity (Wildman–Crippen MR) is 106 cm³/mol. The summed E-state index contributed by atoms with van der Waals surface area (Å²) in [5, 5.41) is 6.66. The highest BCUT2D eigenvalue weighted by Gasteiger charge is 2.30. The van der Waals surface area contributed by atoms with Crippen LogP contribution in [0.1, 0.15) is 28.5 Å². The maximum atomic E-state index is 12.6. The van der Waals surface area contributed by atoms with E-state index in [-0.39, 0.29) is 18.5 Å². The predicted octanol–water partition coefficient (Wildman–Crippen LogP) is 3.58. The molecule has 3 aromatic rings. The molecule has 1 aromatic heterocycles. The molecule has 1 aliphatic heterocycles. The zero-order valence-corrected chi connectivity index (χ0v) is 16.0. The van der Waals surface area contributed by atoms with Gasteiger partial charge in [0.05, 0.1) is 19.7 Å². The second-order valence-corrected chi connectivity index (χ2v) is 6.97. The lowest BCUT2D eigenvalue weighted by Crippen LogP contribution is -2.41. The van der Waals surface area contributed by atoms with E-state index >= 15 is 0 Å². The standard InChI is InChI=1S/C22H23N3O3/c1-15-12-20(24-28-15)23-21(26)14-25-11-10-16-6-3-4-9-19(16)22(25)17-7-5-8-18(13-17)27-2/h3-9,12-13,22H,10-11,14H2,1-2H3,(H,23,24,26). The Bertz CT molecular complexity index is 982. The molecular formula is C22H23N3O3. The average molecular weight is 377 g/mol. The van der Waals surface area contributed by atoms with Crippen molar-refractivity contribution in [3.05, 3.63) is 77.0 Å². The van der Waals surface area contributed by atoms with Gasteiger partial charge in [0, 0.05) is 12.6 Å². The fourth-order valence-corrected chi connectivity index (χ4v) is 3.78. The smallest absolute Gasteiger partial charge is 0.239 e. The van der Waals surface area contributed by atoms with E-state index in [9.17, 15) is 4.79 Å². The van der Waals surface area contributed by atoms with E-state index in [4.69, 9.17) is 9.26 Å². The van der Waals surface area contributed by atoms with Crippen molar-refractivity contribution in [2.24, 2.45) is 0 Å². The molecule has 6 heteroatoms. The topological polar surface area (TPSA) is 67.6 Å². The van der Waals surface area contributed by atoms with E-state index in [2.05, 4.69) is 39.6 Å². The summed E-state index contributed by atoms with van der Waals surface area (Å²) in [6, 6.07) is 18.2. The zero-order valence-electron chi connectivity index (χ0n) is 16.0. The summed E-state index contributed by atoms with van der Waals surface area (Å²) in [6.45, 7) is 2.86. The fourth-order valence-electron chi connectivity index (χ4n) is 3.78. The van der Waals surface area contributed by atoms with Gasteiger partial charge < -0.3 is 14.6 Å². The molecule has 28 heavy (non-hydrogen) atoms.